The van der Waals surface area contributed by atoms with Crippen LogP contribution >= 0.6 is 0 Å². The average Bonchev–Trinajstić information content (AvgIpc) is 2.79. The van der Waals surface area contributed by atoms with Gasteiger partial charge in [0.05, 0.1) is 13.5 Å². The molecule has 0 aliphatic heterocycles. The van der Waals surface area contributed by atoms with E-state index in [4.69, 9.17) is 5.73 Å². The van der Waals surface area contributed by atoms with Crippen LogP contribution in [0.4, 0.5) is 13.2 Å². The minimum Gasteiger partial charge on any atom is -0.469 e. The summed E-state index contributed by atoms with van der Waals surface area (Å²) in [7, 11) is 1.14. The molecule has 5 nitrogen and oxygen atoms in total. The van der Waals surface area contributed by atoms with E-state index in [0.29, 0.717) is 17.7 Å². The third-order valence-electron chi connectivity index (χ3n) is 3.64. The first kappa shape index (κ1) is 17.7. The van der Waals surface area contributed by atoms with Gasteiger partial charge in [-0.1, -0.05) is 12.8 Å². The van der Waals surface area contributed by atoms with E-state index in [0.717, 1.165) is 20.0 Å². The lowest BCUT2D eigenvalue weighted by molar-refractivity contribution is -0.163. The number of halogens is 3. The summed E-state index contributed by atoms with van der Waals surface area (Å²) in [5.74, 6) is -1.32. The van der Waals surface area contributed by atoms with Gasteiger partial charge in [0.1, 0.15) is 6.54 Å². The van der Waals surface area contributed by atoms with Crippen LogP contribution in [0.25, 0.3) is 0 Å². The van der Waals surface area contributed by atoms with E-state index in [9.17, 15) is 22.8 Å². The molecule has 0 aromatic carbocycles. The second-order valence-corrected chi connectivity index (χ2v) is 5.50. The summed E-state index contributed by atoms with van der Waals surface area (Å²) in [6.45, 7) is -1.69. The lowest BCUT2D eigenvalue weighted by Crippen LogP contribution is -2.46. The lowest BCUT2D eigenvalue weighted by atomic mass is 9.94. The van der Waals surface area contributed by atoms with Crippen molar-refractivity contribution in [2.24, 2.45) is 5.73 Å². The molecule has 0 aromatic heterocycles. The number of esters is 1. The molecular weight excluding hydrogens is 289 g/mol. The van der Waals surface area contributed by atoms with Gasteiger partial charge in [-0.15, -0.1) is 0 Å². The summed E-state index contributed by atoms with van der Waals surface area (Å²) in [4.78, 5) is 23.8. The summed E-state index contributed by atoms with van der Waals surface area (Å²) >= 11 is 0. The fourth-order valence-corrected chi connectivity index (χ4v) is 2.51. The number of hydrogen-bond acceptors (Lipinski definition) is 4. The second-order valence-electron chi connectivity index (χ2n) is 5.50. The number of methoxy groups -OCH3 is 1. The summed E-state index contributed by atoms with van der Waals surface area (Å²) in [6.07, 6.45) is -1.87. The first-order chi connectivity index (χ1) is 9.65. The van der Waals surface area contributed by atoms with E-state index in [-0.39, 0.29) is 19.4 Å². The number of hydrogen-bond donors (Lipinski definition) is 1. The molecule has 122 valence electrons. The van der Waals surface area contributed by atoms with Gasteiger partial charge in [0, 0.05) is 18.5 Å². The van der Waals surface area contributed by atoms with Crippen molar-refractivity contribution in [1.29, 1.82) is 0 Å². The van der Waals surface area contributed by atoms with Crippen LogP contribution in [-0.2, 0) is 14.3 Å². The molecule has 0 spiro atoms. The van der Waals surface area contributed by atoms with Crippen molar-refractivity contribution in [1.82, 2.24) is 4.90 Å². The molecule has 0 unspecified atom stereocenters. The van der Waals surface area contributed by atoms with Crippen LogP contribution in [0.1, 0.15) is 38.5 Å². The molecule has 0 atom stereocenters. The number of ether oxygens (including phenoxy) is 1. The number of carbonyl (C=O) groups is 2. The Kier molecular flexibility index (Phi) is 6.00. The molecule has 0 radical (unpaired) electrons. The molecule has 1 fully saturated rings. The maximum atomic E-state index is 12.5. The fraction of sp³-hybridized carbons (Fsp3) is 0.846. The van der Waals surface area contributed by atoms with Crippen LogP contribution in [0.3, 0.4) is 0 Å². The number of amides is 1. The lowest BCUT2D eigenvalue weighted by Gasteiger charge is -2.29. The van der Waals surface area contributed by atoms with E-state index in [1.54, 1.807) is 0 Å². The first-order valence-electron chi connectivity index (χ1n) is 6.85. The van der Waals surface area contributed by atoms with Crippen molar-refractivity contribution < 1.29 is 27.5 Å². The highest BCUT2D eigenvalue weighted by molar-refractivity contribution is 5.78. The minimum absolute atomic E-state index is 0.121. The molecule has 2 N–H and O–H groups in total. The first-order valence-corrected chi connectivity index (χ1v) is 6.85. The third kappa shape index (κ3) is 6.33. The van der Waals surface area contributed by atoms with E-state index < -0.39 is 30.1 Å². The number of carbonyl (C=O) groups excluding carboxylic acids is 2. The maximum absolute atomic E-state index is 12.5. The van der Waals surface area contributed by atoms with E-state index in [1.165, 1.54) is 0 Å². The Hall–Kier alpha value is -1.31. The second kappa shape index (κ2) is 7.11. The average molecular weight is 310 g/mol. The van der Waals surface area contributed by atoms with Gasteiger partial charge in [-0.3, -0.25) is 9.59 Å². The van der Waals surface area contributed by atoms with Crippen molar-refractivity contribution in [3.8, 4) is 0 Å². The Balaban J connectivity index is 2.65. The highest BCUT2D eigenvalue weighted by Gasteiger charge is 2.37. The van der Waals surface area contributed by atoms with Gasteiger partial charge >= 0.3 is 12.1 Å². The van der Waals surface area contributed by atoms with Crippen molar-refractivity contribution in [2.45, 2.75) is 50.2 Å². The standard InChI is InChI=1S/C13H21F3N2O3/c1-21-11(20)4-7-18(9-13(14,15)16)10(19)8-12(17)5-2-3-6-12/h2-9,17H2,1H3. The summed E-state index contributed by atoms with van der Waals surface area (Å²) in [5.41, 5.74) is 5.31. The van der Waals surface area contributed by atoms with E-state index in [1.807, 2.05) is 0 Å². The van der Waals surface area contributed by atoms with Crippen LogP contribution in [-0.4, -0.2) is 48.7 Å². The van der Waals surface area contributed by atoms with Crippen molar-refractivity contribution in [2.75, 3.05) is 20.2 Å². The molecule has 21 heavy (non-hydrogen) atoms. The SMILES string of the molecule is COC(=O)CCN(CC(F)(F)F)C(=O)CC1(N)CCCC1. The van der Waals surface area contributed by atoms with Crippen molar-refractivity contribution >= 4 is 11.9 Å². The molecule has 1 saturated carbocycles. The van der Waals surface area contributed by atoms with Crippen LogP contribution in [0.15, 0.2) is 0 Å². The van der Waals surface area contributed by atoms with Crippen LogP contribution in [0.5, 0.6) is 0 Å². The van der Waals surface area contributed by atoms with E-state index >= 15 is 0 Å². The Labute approximate surface area is 121 Å². The smallest absolute Gasteiger partial charge is 0.406 e. The van der Waals surface area contributed by atoms with Crippen molar-refractivity contribution in [3.63, 3.8) is 0 Å². The number of rotatable bonds is 6. The fourth-order valence-electron chi connectivity index (χ4n) is 2.51. The Bertz CT molecular complexity index is 379. The van der Waals surface area contributed by atoms with Crippen LogP contribution in [0.2, 0.25) is 0 Å². The number of nitrogens with two attached hydrogens (primary N) is 1. The zero-order valence-corrected chi connectivity index (χ0v) is 12.0. The zero-order valence-electron chi connectivity index (χ0n) is 12.0. The van der Waals surface area contributed by atoms with Gasteiger partial charge in [-0.25, -0.2) is 0 Å². The Morgan fingerprint density at radius 2 is 1.86 bits per heavy atom. The normalized spacial score (nSPS) is 17.6. The monoisotopic (exact) mass is 310 g/mol. The van der Waals surface area contributed by atoms with Gasteiger partial charge in [-0.2, -0.15) is 13.2 Å². The topological polar surface area (TPSA) is 72.6 Å². The van der Waals surface area contributed by atoms with Gasteiger partial charge < -0.3 is 15.4 Å². The van der Waals surface area contributed by atoms with Crippen LogP contribution < -0.4 is 5.73 Å². The van der Waals surface area contributed by atoms with Gasteiger partial charge in [0.25, 0.3) is 0 Å². The largest absolute Gasteiger partial charge is 0.469 e. The molecule has 0 bridgehead atoms. The molecule has 1 aliphatic carbocycles. The quantitative estimate of drug-likeness (QED) is 0.756. The molecule has 1 amide bonds. The zero-order chi connectivity index (χ0) is 16.1. The summed E-state index contributed by atoms with van der Waals surface area (Å²) < 4.78 is 42.0. The Morgan fingerprint density at radius 1 is 1.29 bits per heavy atom. The van der Waals surface area contributed by atoms with Crippen LogP contribution in [0, 0.1) is 0 Å². The predicted molar refractivity (Wildman–Crippen MR) is 69.3 cm³/mol. The molecular formula is C13H21F3N2O3. The summed E-state index contributed by atoms with van der Waals surface area (Å²) in [6, 6.07) is 0. The predicted octanol–water partition coefficient (Wildman–Crippen LogP) is 1.60. The number of alkyl halides is 3. The Morgan fingerprint density at radius 3 is 2.33 bits per heavy atom. The maximum Gasteiger partial charge on any atom is 0.406 e. The number of nitrogens with zero attached hydrogens (tertiary/aromatic N) is 1. The summed E-state index contributed by atoms with van der Waals surface area (Å²) in [5, 5.41) is 0. The van der Waals surface area contributed by atoms with E-state index in [2.05, 4.69) is 4.74 Å². The molecule has 0 saturated heterocycles. The molecule has 8 heteroatoms. The highest BCUT2D eigenvalue weighted by Crippen LogP contribution is 2.31. The van der Waals surface area contributed by atoms with Gasteiger partial charge in [-0.05, 0) is 12.8 Å². The van der Waals surface area contributed by atoms with Crippen molar-refractivity contribution in [3.05, 3.63) is 0 Å². The minimum atomic E-state index is -4.51. The third-order valence-corrected chi connectivity index (χ3v) is 3.64. The molecule has 1 aliphatic rings. The highest BCUT2D eigenvalue weighted by atomic mass is 19.4. The van der Waals surface area contributed by atoms with Gasteiger partial charge in [0.2, 0.25) is 5.91 Å². The molecule has 0 heterocycles. The van der Waals surface area contributed by atoms with Gasteiger partial charge in [0.15, 0.2) is 0 Å². The molecule has 1 rings (SSSR count). The molecule has 0 aromatic rings.